The maximum Gasteiger partial charge on any atom is 0.242 e. The standard InChI is InChI=1S/C11H13N3O3/c1-11(17)5-6(10(12)16)14-9(11)8-7(15)3-2-4-13-8/h2-4,6,15,17H,5H2,1H3,(H2,12,16)/t6-,11+/m0/s1. The van der Waals surface area contributed by atoms with Crippen LogP contribution in [0.15, 0.2) is 23.3 Å². The Morgan fingerprint density at radius 3 is 2.88 bits per heavy atom. The zero-order valence-corrected chi connectivity index (χ0v) is 9.29. The van der Waals surface area contributed by atoms with E-state index in [-0.39, 0.29) is 23.6 Å². The molecule has 0 spiro atoms. The molecular weight excluding hydrogens is 222 g/mol. The van der Waals surface area contributed by atoms with Crippen LogP contribution in [0.4, 0.5) is 0 Å². The zero-order valence-electron chi connectivity index (χ0n) is 9.29. The van der Waals surface area contributed by atoms with Crippen molar-refractivity contribution in [3.8, 4) is 5.75 Å². The SMILES string of the molecule is C[C@@]1(O)C[C@@H](C(N)=O)N=C1c1ncccc1O. The minimum absolute atomic E-state index is 0.0864. The van der Waals surface area contributed by atoms with E-state index in [4.69, 9.17) is 5.73 Å². The number of carbonyl (C=O) groups is 1. The Balaban J connectivity index is 2.47. The maximum atomic E-state index is 11.1. The van der Waals surface area contributed by atoms with Gasteiger partial charge in [-0.3, -0.25) is 14.8 Å². The van der Waals surface area contributed by atoms with Gasteiger partial charge in [0.2, 0.25) is 5.91 Å². The summed E-state index contributed by atoms with van der Waals surface area (Å²) in [4.78, 5) is 19.1. The second-order valence-corrected chi connectivity index (χ2v) is 4.24. The lowest BCUT2D eigenvalue weighted by Crippen LogP contribution is -2.35. The Kier molecular flexibility index (Phi) is 2.59. The molecule has 17 heavy (non-hydrogen) atoms. The number of aliphatic imine (C=N–C) groups is 1. The Morgan fingerprint density at radius 2 is 2.35 bits per heavy atom. The summed E-state index contributed by atoms with van der Waals surface area (Å²) in [5.41, 5.74) is 4.22. The molecule has 1 aliphatic heterocycles. The summed E-state index contributed by atoms with van der Waals surface area (Å²) >= 11 is 0. The second kappa shape index (κ2) is 3.81. The highest BCUT2D eigenvalue weighted by atomic mass is 16.3. The molecule has 2 rings (SSSR count). The lowest BCUT2D eigenvalue weighted by atomic mass is 9.93. The summed E-state index contributed by atoms with van der Waals surface area (Å²) in [6, 6.07) is 2.23. The minimum Gasteiger partial charge on any atom is -0.506 e. The van der Waals surface area contributed by atoms with Crippen LogP contribution in [0, 0.1) is 0 Å². The highest BCUT2D eigenvalue weighted by molar-refractivity contribution is 6.09. The van der Waals surface area contributed by atoms with Crippen LogP contribution in [0.1, 0.15) is 19.0 Å². The highest BCUT2D eigenvalue weighted by Crippen LogP contribution is 2.30. The van der Waals surface area contributed by atoms with E-state index < -0.39 is 17.6 Å². The molecule has 1 aliphatic rings. The maximum absolute atomic E-state index is 11.1. The molecule has 0 aromatic carbocycles. The molecule has 1 aromatic rings. The molecule has 1 aromatic heterocycles. The van der Waals surface area contributed by atoms with E-state index in [1.54, 1.807) is 6.07 Å². The van der Waals surface area contributed by atoms with Gasteiger partial charge >= 0.3 is 0 Å². The molecule has 0 saturated heterocycles. The van der Waals surface area contributed by atoms with Crippen molar-refractivity contribution in [2.75, 3.05) is 0 Å². The van der Waals surface area contributed by atoms with Crippen LogP contribution < -0.4 is 5.73 Å². The van der Waals surface area contributed by atoms with Crippen molar-refractivity contribution in [1.29, 1.82) is 0 Å². The molecule has 2 heterocycles. The average molecular weight is 235 g/mol. The minimum atomic E-state index is -1.31. The van der Waals surface area contributed by atoms with E-state index in [0.717, 1.165) is 0 Å². The van der Waals surface area contributed by atoms with Crippen molar-refractivity contribution >= 4 is 11.6 Å². The van der Waals surface area contributed by atoms with Crippen molar-refractivity contribution < 1.29 is 15.0 Å². The van der Waals surface area contributed by atoms with Gasteiger partial charge in [-0.1, -0.05) is 0 Å². The van der Waals surface area contributed by atoms with Crippen LogP contribution in [0.2, 0.25) is 0 Å². The third kappa shape index (κ3) is 1.99. The summed E-state index contributed by atoms with van der Waals surface area (Å²) in [6.07, 6.45) is 1.58. The molecule has 2 atom stereocenters. The molecular formula is C11H13N3O3. The lowest BCUT2D eigenvalue weighted by molar-refractivity contribution is -0.119. The van der Waals surface area contributed by atoms with Crippen molar-refractivity contribution in [3.05, 3.63) is 24.0 Å². The van der Waals surface area contributed by atoms with Gasteiger partial charge < -0.3 is 15.9 Å². The van der Waals surface area contributed by atoms with E-state index in [0.29, 0.717) is 0 Å². The Hall–Kier alpha value is -1.95. The monoisotopic (exact) mass is 235 g/mol. The summed E-state index contributed by atoms with van der Waals surface area (Å²) in [6.45, 7) is 1.52. The van der Waals surface area contributed by atoms with Crippen LogP contribution >= 0.6 is 0 Å². The number of nitrogens with zero attached hydrogens (tertiary/aromatic N) is 2. The van der Waals surface area contributed by atoms with Crippen LogP contribution in [0.3, 0.4) is 0 Å². The van der Waals surface area contributed by atoms with E-state index >= 15 is 0 Å². The number of pyridine rings is 1. The second-order valence-electron chi connectivity index (χ2n) is 4.24. The van der Waals surface area contributed by atoms with Crippen LogP contribution in [0.25, 0.3) is 0 Å². The third-order valence-corrected chi connectivity index (χ3v) is 2.73. The summed E-state index contributed by atoms with van der Waals surface area (Å²) < 4.78 is 0. The highest BCUT2D eigenvalue weighted by Gasteiger charge is 2.41. The molecule has 0 fully saturated rings. The number of hydrogen-bond donors (Lipinski definition) is 3. The number of amides is 1. The van der Waals surface area contributed by atoms with E-state index in [9.17, 15) is 15.0 Å². The fourth-order valence-electron chi connectivity index (χ4n) is 1.87. The number of nitrogens with two attached hydrogens (primary N) is 1. The van der Waals surface area contributed by atoms with E-state index in [1.165, 1.54) is 19.2 Å². The van der Waals surface area contributed by atoms with Gasteiger partial charge in [-0.2, -0.15) is 0 Å². The molecule has 1 amide bonds. The molecule has 0 aliphatic carbocycles. The topological polar surface area (TPSA) is 109 Å². The Labute approximate surface area is 97.8 Å². The first-order valence-electron chi connectivity index (χ1n) is 5.16. The van der Waals surface area contributed by atoms with Gasteiger partial charge in [0.25, 0.3) is 0 Å². The van der Waals surface area contributed by atoms with Crippen molar-refractivity contribution in [1.82, 2.24) is 4.98 Å². The third-order valence-electron chi connectivity index (χ3n) is 2.73. The van der Waals surface area contributed by atoms with Gasteiger partial charge in [-0.25, -0.2) is 0 Å². The van der Waals surface area contributed by atoms with Gasteiger partial charge in [0.15, 0.2) is 0 Å². The summed E-state index contributed by atoms with van der Waals surface area (Å²) in [5.74, 6) is -0.688. The summed E-state index contributed by atoms with van der Waals surface area (Å²) in [5, 5.41) is 19.8. The van der Waals surface area contributed by atoms with Crippen LogP contribution in [-0.2, 0) is 4.79 Å². The van der Waals surface area contributed by atoms with Gasteiger partial charge in [0.05, 0.1) is 5.71 Å². The molecule has 0 radical (unpaired) electrons. The van der Waals surface area contributed by atoms with Crippen LogP contribution in [-0.4, -0.2) is 38.5 Å². The smallest absolute Gasteiger partial charge is 0.242 e. The van der Waals surface area contributed by atoms with Gasteiger partial charge in [-0.15, -0.1) is 0 Å². The first-order chi connectivity index (χ1) is 7.92. The van der Waals surface area contributed by atoms with Gasteiger partial charge in [0, 0.05) is 12.6 Å². The molecule has 90 valence electrons. The average Bonchev–Trinajstić information content (AvgIpc) is 2.55. The van der Waals surface area contributed by atoms with Crippen molar-refractivity contribution in [3.63, 3.8) is 0 Å². The Bertz CT molecular complexity index is 496. The number of aromatic nitrogens is 1. The van der Waals surface area contributed by atoms with Crippen molar-refractivity contribution in [2.45, 2.75) is 25.0 Å². The number of primary amides is 1. The Morgan fingerprint density at radius 1 is 1.65 bits per heavy atom. The molecule has 6 heteroatoms. The number of hydrogen-bond acceptors (Lipinski definition) is 5. The molecule has 0 bridgehead atoms. The molecule has 0 saturated carbocycles. The largest absolute Gasteiger partial charge is 0.506 e. The lowest BCUT2D eigenvalue weighted by Gasteiger charge is -2.19. The normalized spacial score (nSPS) is 27.9. The van der Waals surface area contributed by atoms with Crippen molar-refractivity contribution in [2.24, 2.45) is 10.7 Å². The molecule has 4 N–H and O–H groups in total. The first-order valence-corrected chi connectivity index (χ1v) is 5.16. The van der Waals surface area contributed by atoms with E-state index in [2.05, 4.69) is 9.98 Å². The molecule has 6 nitrogen and oxygen atoms in total. The van der Waals surface area contributed by atoms with E-state index in [1.807, 2.05) is 0 Å². The zero-order chi connectivity index (χ0) is 12.6. The molecule has 0 unspecified atom stereocenters. The van der Waals surface area contributed by atoms with Crippen LogP contribution in [0.5, 0.6) is 5.75 Å². The number of aromatic hydroxyl groups is 1. The first kappa shape index (κ1) is 11.5. The quantitative estimate of drug-likeness (QED) is 0.647. The van der Waals surface area contributed by atoms with Gasteiger partial charge in [-0.05, 0) is 19.1 Å². The van der Waals surface area contributed by atoms with Gasteiger partial charge in [0.1, 0.15) is 23.1 Å². The number of carbonyl (C=O) groups excluding carboxylic acids is 1. The number of aliphatic hydroxyl groups is 1. The predicted octanol–water partition coefficient (Wildman–Crippen LogP) is -0.415. The number of rotatable bonds is 2. The predicted molar refractivity (Wildman–Crippen MR) is 60.7 cm³/mol. The fourth-order valence-corrected chi connectivity index (χ4v) is 1.87. The summed E-state index contributed by atoms with van der Waals surface area (Å²) in [7, 11) is 0. The fraction of sp³-hybridized carbons (Fsp3) is 0.364.